The fraction of sp³-hybridized carbons (Fsp3) is 0.286. The minimum absolute atomic E-state index is 0.296. The molecule has 0 amide bonds. The zero-order valence-electron chi connectivity index (χ0n) is 11.4. The summed E-state index contributed by atoms with van der Waals surface area (Å²) in [6.07, 6.45) is 2.98. The van der Waals surface area contributed by atoms with Crippen LogP contribution in [0.15, 0.2) is 24.5 Å². The summed E-state index contributed by atoms with van der Waals surface area (Å²) in [6, 6.07) is 1.76. The van der Waals surface area contributed by atoms with Crippen molar-refractivity contribution in [2.24, 2.45) is 0 Å². The maximum Gasteiger partial charge on any atom is 0.237 e. The molecule has 106 valence electrons. The minimum atomic E-state index is -0.639. The molecular weight excluding hydrogens is 264 g/mol. The Labute approximate surface area is 115 Å². The summed E-state index contributed by atoms with van der Waals surface area (Å²) < 4.78 is 32.5. The number of aromatic nitrogens is 2. The molecule has 0 saturated carbocycles. The molecule has 0 radical (unpaired) electrons. The normalized spacial score (nSPS) is 12.2. The fourth-order valence-corrected chi connectivity index (χ4v) is 2.03. The molecule has 4 nitrogen and oxygen atoms in total. The van der Waals surface area contributed by atoms with Crippen molar-refractivity contribution >= 4 is 0 Å². The van der Waals surface area contributed by atoms with E-state index in [0.717, 1.165) is 6.07 Å². The van der Waals surface area contributed by atoms with Gasteiger partial charge in [-0.15, -0.1) is 0 Å². The van der Waals surface area contributed by atoms with Crippen LogP contribution in [0.4, 0.5) is 8.78 Å². The van der Waals surface area contributed by atoms with E-state index in [4.69, 9.17) is 4.74 Å². The molecule has 20 heavy (non-hydrogen) atoms. The smallest absolute Gasteiger partial charge is 0.237 e. The van der Waals surface area contributed by atoms with Gasteiger partial charge in [-0.25, -0.2) is 13.8 Å². The summed E-state index contributed by atoms with van der Waals surface area (Å²) in [6.45, 7) is 1.58. The molecule has 0 saturated heterocycles. The van der Waals surface area contributed by atoms with Crippen LogP contribution in [0.3, 0.4) is 0 Å². The number of hydrogen-bond acceptors (Lipinski definition) is 4. The largest absolute Gasteiger partial charge is 0.480 e. The van der Waals surface area contributed by atoms with E-state index < -0.39 is 17.7 Å². The van der Waals surface area contributed by atoms with Crippen LogP contribution in [0.2, 0.25) is 0 Å². The second kappa shape index (κ2) is 5.92. The van der Waals surface area contributed by atoms with Crippen molar-refractivity contribution in [3.05, 3.63) is 53.0 Å². The maximum absolute atomic E-state index is 14.0. The maximum atomic E-state index is 14.0. The molecule has 1 atom stereocenters. The van der Waals surface area contributed by atoms with Crippen molar-refractivity contribution in [2.75, 3.05) is 14.2 Å². The Kier molecular flexibility index (Phi) is 4.24. The van der Waals surface area contributed by atoms with Gasteiger partial charge in [-0.2, -0.15) is 0 Å². The molecule has 1 aromatic heterocycles. The quantitative estimate of drug-likeness (QED) is 0.933. The molecule has 0 spiro atoms. The molecule has 0 aliphatic heterocycles. The van der Waals surface area contributed by atoms with E-state index >= 15 is 0 Å². The average Bonchev–Trinajstić information content (AvgIpc) is 2.45. The third-order valence-corrected chi connectivity index (χ3v) is 3.04. The highest BCUT2D eigenvalue weighted by Gasteiger charge is 2.23. The van der Waals surface area contributed by atoms with E-state index in [-0.39, 0.29) is 0 Å². The van der Waals surface area contributed by atoms with Gasteiger partial charge in [0, 0.05) is 24.0 Å². The molecule has 0 aliphatic rings. The second-order valence-corrected chi connectivity index (χ2v) is 4.30. The summed E-state index contributed by atoms with van der Waals surface area (Å²) in [5.41, 5.74) is 1.11. The van der Waals surface area contributed by atoms with Gasteiger partial charge in [0.15, 0.2) is 0 Å². The van der Waals surface area contributed by atoms with E-state index in [1.54, 1.807) is 14.0 Å². The number of methoxy groups -OCH3 is 1. The van der Waals surface area contributed by atoms with Gasteiger partial charge in [-0.3, -0.25) is 4.98 Å². The van der Waals surface area contributed by atoms with Crippen LogP contribution in [-0.4, -0.2) is 24.1 Å². The third kappa shape index (κ3) is 2.60. The first-order valence-corrected chi connectivity index (χ1v) is 6.06. The monoisotopic (exact) mass is 279 g/mol. The van der Waals surface area contributed by atoms with Crippen LogP contribution in [0, 0.1) is 18.6 Å². The Morgan fingerprint density at radius 1 is 1.15 bits per heavy atom. The van der Waals surface area contributed by atoms with Gasteiger partial charge >= 0.3 is 0 Å². The Bertz CT molecular complexity index is 619. The molecule has 1 aromatic carbocycles. The molecule has 1 N–H and O–H groups in total. The fourth-order valence-electron chi connectivity index (χ4n) is 2.03. The zero-order valence-corrected chi connectivity index (χ0v) is 11.4. The Hall–Kier alpha value is -2.08. The first-order valence-electron chi connectivity index (χ1n) is 6.06. The van der Waals surface area contributed by atoms with Gasteiger partial charge < -0.3 is 10.1 Å². The predicted octanol–water partition coefficient (Wildman–Crippen LogP) is 2.38. The molecular formula is C14H15F2N3O. The minimum Gasteiger partial charge on any atom is -0.480 e. The van der Waals surface area contributed by atoms with Crippen LogP contribution in [-0.2, 0) is 0 Å². The van der Waals surface area contributed by atoms with Crippen molar-refractivity contribution in [1.29, 1.82) is 0 Å². The summed E-state index contributed by atoms with van der Waals surface area (Å²) in [5.74, 6) is -0.916. The molecule has 0 fully saturated rings. The Morgan fingerprint density at radius 2 is 1.85 bits per heavy atom. The van der Waals surface area contributed by atoms with Gasteiger partial charge in [0.1, 0.15) is 17.3 Å². The molecule has 2 aromatic rings. The number of nitrogens with one attached hydrogen (secondary N) is 1. The summed E-state index contributed by atoms with van der Waals surface area (Å²) in [4.78, 5) is 8.22. The zero-order chi connectivity index (χ0) is 14.7. The highest BCUT2D eigenvalue weighted by atomic mass is 19.1. The Balaban J connectivity index is 2.55. The number of nitrogens with zero attached hydrogens (tertiary/aromatic N) is 2. The van der Waals surface area contributed by atoms with E-state index in [1.165, 1.54) is 25.6 Å². The molecule has 1 unspecified atom stereocenters. The first kappa shape index (κ1) is 14.3. The number of benzene rings is 1. The highest BCUT2D eigenvalue weighted by Crippen LogP contribution is 2.29. The van der Waals surface area contributed by atoms with E-state index in [9.17, 15) is 8.78 Å². The SMILES string of the molecule is CNC(c1cc(C)c(F)cc1F)c1nccnc1OC. The van der Waals surface area contributed by atoms with Gasteiger partial charge in [-0.1, -0.05) is 0 Å². The number of aryl methyl sites for hydroxylation is 1. The number of halogens is 2. The van der Waals surface area contributed by atoms with Gasteiger partial charge in [0.25, 0.3) is 0 Å². The van der Waals surface area contributed by atoms with E-state index in [0.29, 0.717) is 22.7 Å². The summed E-state index contributed by atoms with van der Waals surface area (Å²) >= 11 is 0. The lowest BCUT2D eigenvalue weighted by molar-refractivity contribution is 0.383. The second-order valence-electron chi connectivity index (χ2n) is 4.30. The molecule has 0 aliphatic carbocycles. The van der Waals surface area contributed by atoms with Crippen LogP contribution in [0.1, 0.15) is 22.9 Å². The van der Waals surface area contributed by atoms with Crippen LogP contribution >= 0.6 is 0 Å². The number of hydrogen-bond donors (Lipinski definition) is 1. The lowest BCUT2D eigenvalue weighted by atomic mass is 10.0. The standard InChI is InChI=1S/C14H15F2N3O/c1-8-6-9(11(16)7-10(8)15)12(17-2)13-14(20-3)19-5-4-18-13/h4-7,12,17H,1-3H3. The Morgan fingerprint density at radius 3 is 2.50 bits per heavy atom. The lowest BCUT2D eigenvalue weighted by Crippen LogP contribution is -2.21. The van der Waals surface area contributed by atoms with Crippen molar-refractivity contribution in [3.63, 3.8) is 0 Å². The number of rotatable bonds is 4. The van der Waals surface area contributed by atoms with E-state index in [1.807, 2.05) is 0 Å². The third-order valence-electron chi connectivity index (χ3n) is 3.04. The van der Waals surface area contributed by atoms with Crippen molar-refractivity contribution < 1.29 is 13.5 Å². The van der Waals surface area contributed by atoms with E-state index in [2.05, 4.69) is 15.3 Å². The first-order chi connectivity index (χ1) is 9.58. The van der Waals surface area contributed by atoms with Gasteiger partial charge in [0.05, 0.1) is 13.2 Å². The van der Waals surface area contributed by atoms with Crippen molar-refractivity contribution in [3.8, 4) is 5.88 Å². The van der Waals surface area contributed by atoms with Crippen LogP contribution in [0.25, 0.3) is 0 Å². The predicted molar refractivity (Wildman–Crippen MR) is 70.6 cm³/mol. The number of ether oxygens (including phenoxy) is 1. The van der Waals surface area contributed by atoms with Gasteiger partial charge in [-0.05, 0) is 25.6 Å². The lowest BCUT2D eigenvalue weighted by Gasteiger charge is -2.19. The van der Waals surface area contributed by atoms with Crippen molar-refractivity contribution in [1.82, 2.24) is 15.3 Å². The van der Waals surface area contributed by atoms with Gasteiger partial charge in [0.2, 0.25) is 5.88 Å². The highest BCUT2D eigenvalue weighted by molar-refractivity contribution is 5.36. The molecule has 2 rings (SSSR count). The summed E-state index contributed by atoms with van der Waals surface area (Å²) in [7, 11) is 3.13. The average molecular weight is 279 g/mol. The molecule has 0 bridgehead atoms. The van der Waals surface area contributed by atoms with Crippen LogP contribution < -0.4 is 10.1 Å². The molecule has 1 heterocycles. The summed E-state index contributed by atoms with van der Waals surface area (Å²) in [5, 5.41) is 2.95. The molecule has 6 heteroatoms. The van der Waals surface area contributed by atoms with Crippen molar-refractivity contribution in [2.45, 2.75) is 13.0 Å². The topological polar surface area (TPSA) is 47.0 Å². The van der Waals surface area contributed by atoms with Crippen LogP contribution in [0.5, 0.6) is 5.88 Å².